The lowest BCUT2D eigenvalue weighted by molar-refractivity contribution is 0.336. The summed E-state index contributed by atoms with van der Waals surface area (Å²) in [7, 11) is 0. The second kappa shape index (κ2) is 8.69. The first-order chi connectivity index (χ1) is 14.8. The number of aromatic nitrogens is 3. The number of imidazole rings is 1. The molecule has 0 fully saturated rings. The molecule has 0 amide bonds. The second-order valence-electron chi connectivity index (χ2n) is 7.23. The van der Waals surface area contributed by atoms with Gasteiger partial charge in [-0.2, -0.15) is 0 Å². The third kappa shape index (κ3) is 3.88. The zero-order chi connectivity index (χ0) is 22.3. The van der Waals surface area contributed by atoms with Gasteiger partial charge in [0.1, 0.15) is 21.7 Å². The van der Waals surface area contributed by atoms with Crippen molar-refractivity contribution in [3.63, 3.8) is 0 Å². The molecule has 4 aromatic rings. The smallest absolute Gasteiger partial charge is 0.150 e. The molecule has 0 aliphatic heterocycles. The van der Waals surface area contributed by atoms with E-state index in [9.17, 15) is 0 Å². The number of ether oxygens (including phenoxy) is 1. The van der Waals surface area contributed by atoms with Crippen molar-refractivity contribution in [3.8, 4) is 16.9 Å². The number of nitrogens with zero attached hydrogens (tertiary/aromatic N) is 3. The average molecular weight is 520 g/mol. The highest BCUT2D eigenvalue weighted by Gasteiger charge is 2.26. The topological polar surface area (TPSA) is 65.4 Å². The maximum Gasteiger partial charge on any atom is 0.150 e. The Morgan fingerprint density at radius 1 is 1.23 bits per heavy atom. The van der Waals surface area contributed by atoms with Gasteiger partial charge >= 0.3 is 0 Å². The Hall–Kier alpha value is -2.28. The lowest BCUT2D eigenvalue weighted by Gasteiger charge is -2.22. The van der Waals surface area contributed by atoms with Gasteiger partial charge in [0.25, 0.3) is 0 Å². The van der Waals surface area contributed by atoms with Crippen LogP contribution in [0.1, 0.15) is 36.7 Å². The predicted molar refractivity (Wildman–Crippen MR) is 130 cm³/mol. The van der Waals surface area contributed by atoms with E-state index in [2.05, 4.69) is 27.8 Å². The van der Waals surface area contributed by atoms with Gasteiger partial charge in [-0.25, -0.2) is 9.97 Å². The van der Waals surface area contributed by atoms with Crippen LogP contribution in [0.25, 0.3) is 16.6 Å². The van der Waals surface area contributed by atoms with Crippen LogP contribution in [0, 0.1) is 6.92 Å². The number of nitrogen functional groups attached to an aromatic ring is 1. The van der Waals surface area contributed by atoms with E-state index in [-0.39, 0.29) is 5.92 Å². The van der Waals surface area contributed by atoms with E-state index in [0.717, 1.165) is 39.3 Å². The SMILES string of the molecule is CCOc1c(C(C)c2nc(Br)c3c(N)nccn23)cc(Cl)c(C)c1-c1ccc(Cl)cc1. The second-order valence-corrected chi connectivity index (χ2v) is 8.83. The number of hydrogen-bond donors (Lipinski definition) is 1. The van der Waals surface area contributed by atoms with Crippen LogP contribution in [-0.4, -0.2) is 21.0 Å². The molecule has 31 heavy (non-hydrogen) atoms. The van der Waals surface area contributed by atoms with Crippen molar-refractivity contribution in [2.45, 2.75) is 26.7 Å². The van der Waals surface area contributed by atoms with Crippen molar-refractivity contribution in [1.29, 1.82) is 0 Å². The van der Waals surface area contributed by atoms with E-state index >= 15 is 0 Å². The molecule has 4 rings (SSSR count). The van der Waals surface area contributed by atoms with E-state index < -0.39 is 0 Å². The molecule has 0 spiro atoms. The minimum Gasteiger partial charge on any atom is -0.493 e. The fourth-order valence-electron chi connectivity index (χ4n) is 3.82. The van der Waals surface area contributed by atoms with Crippen molar-refractivity contribution in [3.05, 3.63) is 74.3 Å². The monoisotopic (exact) mass is 518 g/mol. The van der Waals surface area contributed by atoms with Crippen LogP contribution in [0.15, 0.2) is 47.3 Å². The number of halogens is 3. The number of benzene rings is 2. The van der Waals surface area contributed by atoms with E-state index in [0.29, 0.717) is 27.1 Å². The molecule has 0 saturated heterocycles. The van der Waals surface area contributed by atoms with E-state index in [1.165, 1.54) is 0 Å². The lowest BCUT2D eigenvalue weighted by Crippen LogP contribution is -2.08. The molecule has 0 bridgehead atoms. The summed E-state index contributed by atoms with van der Waals surface area (Å²) in [5, 5.41) is 1.34. The number of fused-ring (bicyclic) bond motifs is 1. The minimum absolute atomic E-state index is 0.133. The summed E-state index contributed by atoms with van der Waals surface area (Å²) >= 11 is 16.3. The van der Waals surface area contributed by atoms with Crippen LogP contribution in [0.5, 0.6) is 5.75 Å². The number of nitrogens with two attached hydrogens (primary N) is 1. The van der Waals surface area contributed by atoms with Crippen LogP contribution in [0.2, 0.25) is 10.0 Å². The van der Waals surface area contributed by atoms with Gasteiger partial charge in [0.2, 0.25) is 0 Å². The highest BCUT2D eigenvalue weighted by atomic mass is 79.9. The molecule has 160 valence electrons. The van der Waals surface area contributed by atoms with Gasteiger partial charge in [-0.3, -0.25) is 4.40 Å². The molecule has 2 N–H and O–H groups in total. The first kappa shape index (κ1) is 21.9. The van der Waals surface area contributed by atoms with Crippen LogP contribution in [-0.2, 0) is 0 Å². The van der Waals surface area contributed by atoms with Crippen LogP contribution < -0.4 is 10.5 Å². The summed E-state index contributed by atoms with van der Waals surface area (Å²) in [6, 6.07) is 9.65. The molecule has 1 unspecified atom stereocenters. The Labute approximate surface area is 199 Å². The molecular formula is C23H21BrCl2N4O. The third-order valence-electron chi connectivity index (χ3n) is 5.35. The van der Waals surface area contributed by atoms with E-state index in [4.69, 9.17) is 38.7 Å². The summed E-state index contributed by atoms with van der Waals surface area (Å²) in [5.74, 6) is 1.87. The molecule has 2 aromatic carbocycles. The predicted octanol–water partition coefficient (Wildman–Crippen LogP) is 6.91. The number of anilines is 1. The highest BCUT2D eigenvalue weighted by Crippen LogP contribution is 2.44. The van der Waals surface area contributed by atoms with Crippen LogP contribution in [0.3, 0.4) is 0 Å². The zero-order valence-electron chi connectivity index (χ0n) is 17.3. The van der Waals surface area contributed by atoms with Crippen molar-refractivity contribution in [2.75, 3.05) is 12.3 Å². The van der Waals surface area contributed by atoms with Crippen molar-refractivity contribution in [1.82, 2.24) is 14.4 Å². The van der Waals surface area contributed by atoms with Crippen LogP contribution >= 0.6 is 39.1 Å². The molecule has 8 heteroatoms. The summed E-state index contributed by atoms with van der Waals surface area (Å²) in [6.45, 7) is 6.56. The van der Waals surface area contributed by atoms with Crippen molar-refractivity contribution < 1.29 is 4.74 Å². The molecule has 0 aliphatic carbocycles. The average Bonchev–Trinajstić information content (AvgIpc) is 3.09. The molecule has 2 heterocycles. The zero-order valence-corrected chi connectivity index (χ0v) is 20.4. The van der Waals surface area contributed by atoms with Gasteiger partial charge in [-0.15, -0.1) is 0 Å². The Morgan fingerprint density at radius 3 is 2.61 bits per heavy atom. The first-order valence-corrected chi connectivity index (χ1v) is 11.4. The largest absolute Gasteiger partial charge is 0.493 e. The summed E-state index contributed by atoms with van der Waals surface area (Å²) in [6.07, 6.45) is 3.52. The maximum atomic E-state index is 6.70. The van der Waals surface area contributed by atoms with E-state index in [1.54, 1.807) is 6.20 Å². The number of rotatable bonds is 5. The lowest BCUT2D eigenvalue weighted by atomic mass is 9.90. The standard InChI is InChI=1S/C23H21BrCl2N4O/c1-4-31-20-16(11-17(26)13(3)18(20)14-5-7-15(25)8-6-14)12(2)23-29-21(24)19-22(27)28-9-10-30(19)23/h5-12H,4H2,1-3H3,(H2,27,28). The summed E-state index contributed by atoms with van der Waals surface area (Å²) < 4.78 is 8.79. The molecule has 0 saturated carbocycles. The Kier molecular flexibility index (Phi) is 6.15. The maximum absolute atomic E-state index is 6.70. The molecular weight excluding hydrogens is 499 g/mol. The molecule has 0 radical (unpaired) electrons. The number of hydrogen-bond acceptors (Lipinski definition) is 4. The van der Waals surface area contributed by atoms with E-state index in [1.807, 2.05) is 54.8 Å². The van der Waals surface area contributed by atoms with Gasteiger partial charge in [-0.1, -0.05) is 42.3 Å². The molecule has 0 aliphatic rings. The van der Waals surface area contributed by atoms with Crippen molar-refractivity contribution in [2.24, 2.45) is 0 Å². The fourth-order valence-corrected chi connectivity index (χ4v) is 4.73. The van der Waals surface area contributed by atoms with Gasteiger partial charge in [0.15, 0.2) is 5.82 Å². The fraction of sp³-hybridized carbons (Fsp3) is 0.217. The first-order valence-electron chi connectivity index (χ1n) is 9.83. The molecule has 2 aromatic heterocycles. The molecule has 5 nitrogen and oxygen atoms in total. The Balaban J connectivity index is 1.97. The summed E-state index contributed by atoms with van der Waals surface area (Å²) in [4.78, 5) is 8.92. The van der Waals surface area contributed by atoms with Crippen molar-refractivity contribution >= 4 is 50.5 Å². The van der Waals surface area contributed by atoms with Crippen LogP contribution in [0.4, 0.5) is 5.82 Å². The Bertz CT molecular complexity index is 1270. The third-order valence-corrected chi connectivity index (χ3v) is 6.55. The normalized spacial score (nSPS) is 12.3. The molecule has 1 atom stereocenters. The van der Waals surface area contributed by atoms with Gasteiger partial charge < -0.3 is 10.5 Å². The Morgan fingerprint density at radius 2 is 1.94 bits per heavy atom. The minimum atomic E-state index is -0.133. The van der Waals surface area contributed by atoms with Gasteiger partial charge in [-0.05, 0) is 59.1 Å². The highest BCUT2D eigenvalue weighted by molar-refractivity contribution is 9.10. The quantitative estimate of drug-likeness (QED) is 0.311. The van der Waals surface area contributed by atoms with Gasteiger partial charge in [0.05, 0.1) is 6.61 Å². The summed E-state index contributed by atoms with van der Waals surface area (Å²) in [5.41, 5.74) is 10.7. The van der Waals surface area contributed by atoms with Gasteiger partial charge in [0, 0.05) is 39.5 Å².